The van der Waals surface area contributed by atoms with Crippen LogP contribution in [0.4, 0.5) is 0 Å². The molecule has 0 spiro atoms. The van der Waals surface area contributed by atoms with Gasteiger partial charge in [-0.3, -0.25) is 9.89 Å². The zero-order valence-corrected chi connectivity index (χ0v) is 14.3. The Balaban J connectivity index is 1.44. The number of fused-ring (bicyclic) bond motifs is 1. The van der Waals surface area contributed by atoms with Crippen LogP contribution >= 0.6 is 0 Å². The highest BCUT2D eigenvalue weighted by atomic mass is 16.3. The summed E-state index contributed by atoms with van der Waals surface area (Å²) >= 11 is 0. The van der Waals surface area contributed by atoms with Crippen LogP contribution in [0, 0.1) is 5.92 Å². The zero-order chi connectivity index (χ0) is 17.2. The van der Waals surface area contributed by atoms with Gasteiger partial charge in [-0.1, -0.05) is 12.1 Å². The standard InChI is InChI=1S/C19H24N4O2/c24-9-1-7-22-12-16-6-8-23(18(16)13-22)19(25)15-4-2-14(3-5-15)17-10-20-21-11-17/h2-5,10-11,16,18,24H,1,6-9,12-13H2,(H,20,21)/t16-,18+/m0/s1. The average Bonchev–Trinajstić information content (AvgIpc) is 3.36. The van der Waals surface area contributed by atoms with Gasteiger partial charge in [0.25, 0.3) is 5.91 Å². The van der Waals surface area contributed by atoms with Crippen molar-refractivity contribution in [1.82, 2.24) is 20.0 Å². The van der Waals surface area contributed by atoms with Crippen molar-refractivity contribution in [3.63, 3.8) is 0 Å². The second-order valence-electron chi connectivity index (χ2n) is 7.02. The van der Waals surface area contributed by atoms with E-state index in [0.29, 0.717) is 12.0 Å². The molecule has 2 aromatic rings. The van der Waals surface area contributed by atoms with Crippen LogP contribution in [0.3, 0.4) is 0 Å². The Morgan fingerprint density at radius 2 is 2.08 bits per heavy atom. The lowest BCUT2D eigenvalue weighted by atomic mass is 10.0. The summed E-state index contributed by atoms with van der Waals surface area (Å²) in [4.78, 5) is 17.4. The summed E-state index contributed by atoms with van der Waals surface area (Å²) in [5.74, 6) is 0.711. The van der Waals surface area contributed by atoms with Crippen molar-refractivity contribution in [2.24, 2.45) is 5.92 Å². The zero-order valence-electron chi connectivity index (χ0n) is 14.3. The van der Waals surface area contributed by atoms with Gasteiger partial charge in [0.15, 0.2) is 0 Å². The number of aliphatic hydroxyl groups excluding tert-OH is 1. The van der Waals surface area contributed by atoms with E-state index in [9.17, 15) is 4.79 Å². The Kier molecular flexibility index (Phi) is 4.55. The molecule has 2 aliphatic heterocycles. The van der Waals surface area contributed by atoms with Crippen molar-refractivity contribution >= 4 is 5.91 Å². The van der Waals surface area contributed by atoms with Crippen LogP contribution in [0.25, 0.3) is 11.1 Å². The Morgan fingerprint density at radius 3 is 2.80 bits per heavy atom. The monoisotopic (exact) mass is 340 g/mol. The normalized spacial score (nSPS) is 23.2. The predicted molar refractivity (Wildman–Crippen MR) is 95.1 cm³/mol. The number of H-pyrrole nitrogens is 1. The van der Waals surface area contributed by atoms with Gasteiger partial charge in [0.05, 0.1) is 6.20 Å². The van der Waals surface area contributed by atoms with Crippen LogP contribution in [0.5, 0.6) is 0 Å². The summed E-state index contributed by atoms with van der Waals surface area (Å²) in [5, 5.41) is 15.8. The third-order valence-electron chi connectivity index (χ3n) is 5.48. The Labute approximate surface area is 147 Å². The third kappa shape index (κ3) is 3.19. The minimum Gasteiger partial charge on any atom is -0.396 e. The van der Waals surface area contributed by atoms with Gasteiger partial charge in [0.2, 0.25) is 0 Å². The fraction of sp³-hybridized carbons (Fsp3) is 0.474. The number of benzene rings is 1. The number of hydrogen-bond acceptors (Lipinski definition) is 4. The van der Waals surface area contributed by atoms with E-state index in [-0.39, 0.29) is 12.5 Å². The van der Waals surface area contributed by atoms with Crippen LogP contribution < -0.4 is 0 Å². The molecule has 0 aliphatic carbocycles. The van der Waals surface area contributed by atoms with Crippen LogP contribution in [0.15, 0.2) is 36.7 Å². The quantitative estimate of drug-likeness (QED) is 0.867. The first kappa shape index (κ1) is 16.3. The highest BCUT2D eigenvalue weighted by molar-refractivity contribution is 5.95. The van der Waals surface area contributed by atoms with Crippen molar-refractivity contribution in [3.8, 4) is 11.1 Å². The second-order valence-corrected chi connectivity index (χ2v) is 7.02. The van der Waals surface area contributed by atoms with Crippen molar-refractivity contribution in [3.05, 3.63) is 42.2 Å². The molecule has 2 atom stereocenters. The van der Waals surface area contributed by atoms with Gasteiger partial charge in [-0.2, -0.15) is 5.10 Å². The van der Waals surface area contributed by atoms with E-state index in [2.05, 4.69) is 20.0 Å². The summed E-state index contributed by atoms with van der Waals surface area (Å²) < 4.78 is 0. The number of nitrogens with zero attached hydrogens (tertiary/aromatic N) is 3. The second kappa shape index (κ2) is 6.98. The van der Waals surface area contributed by atoms with Crippen molar-refractivity contribution in [1.29, 1.82) is 0 Å². The molecule has 1 amide bonds. The molecule has 0 bridgehead atoms. The van der Waals surface area contributed by atoms with Crippen LogP contribution in [0.2, 0.25) is 0 Å². The summed E-state index contributed by atoms with van der Waals surface area (Å²) in [7, 11) is 0. The maximum absolute atomic E-state index is 13.0. The minimum absolute atomic E-state index is 0.134. The molecule has 0 unspecified atom stereocenters. The smallest absolute Gasteiger partial charge is 0.254 e. The molecule has 132 valence electrons. The lowest BCUT2D eigenvalue weighted by molar-refractivity contribution is 0.0726. The first-order valence-electron chi connectivity index (χ1n) is 8.99. The molecule has 25 heavy (non-hydrogen) atoms. The molecular weight excluding hydrogens is 316 g/mol. The molecule has 2 fully saturated rings. The Hall–Kier alpha value is -2.18. The first-order chi connectivity index (χ1) is 12.3. The van der Waals surface area contributed by atoms with Crippen molar-refractivity contribution < 1.29 is 9.90 Å². The number of aromatic nitrogens is 2. The lowest BCUT2D eigenvalue weighted by Gasteiger charge is -2.25. The van der Waals surface area contributed by atoms with E-state index < -0.39 is 0 Å². The number of rotatable bonds is 5. The van der Waals surface area contributed by atoms with E-state index in [0.717, 1.165) is 55.7 Å². The highest BCUT2D eigenvalue weighted by Crippen LogP contribution is 2.32. The molecule has 2 saturated heterocycles. The molecule has 2 aliphatic rings. The molecule has 0 saturated carbocycles. The molecule has 6 heteroatoms. The van der Waals surface area contributed by atoms with E-state index in [1.165, 1.54) is 0 Å². The Bertz CT molecular complexity index is 714. The van der Waals surface area contributed by atoms with Gasteiger partial charge < -0.3 is 14.9 Å². The average molecular weight is 340 g/mol. The van der Waals surface area contributed by atoms with Gasteiger partial charge in [0.1, 0.15) is 0 Å². The number of likely N-dealkylation sites (tertiary alicyclic amines) is 2. The Morgan fingerprint density at radius 1 is 1.24 bits per heavy atom. The fourth-order valence-corrected chi connectivity index (χ4v) is 4.16. The largest absolute Gasteiger partial charge is 0.396 e. The third-order valence-corrected chi connectivity index (χ3v) is 5.48. The van der Waals surface area contributed by atoms with E-state index >= 15 is 0 Å². The topological polar surface area (TPSA) is 72.5 Å². The molecule has 4 rings (SSSR count). The fourth-order valence-electron chi connectivity index (χ4n) is 4.16. The van der Waals surface area contributed by atoms with Gasteiger partial charge in [-0.15, -0.1) is 0 Å². The predicted octanol–water partition coefficient (Wildman–Crippen LogP) is 1.61. The van der Waals surface area contributed by atoms with E-state index in [1.54, 1.807) is 6.20 Å². The molecule has 1 aromatic carbocycles. The van der Waals surface area contributed by atoms with Crippen LogP contribution in [-0.2, 0) is 0 Å². The van der Waals surface area contributed by atoms with Gasteiger partial charge in [0, 0.05) is 56.2 Å². The maximum Gasteiger partial charge on any atom is 0.254 e. The minimum atomic E-state index is 0.134. The first-order valence-corrected chi connectivity index (χ1v) is 8.99. The summed E-state index contributed by atoms with van der Waals surface area (Å²) in [5.41, 5.74) is 2.83. The van der Waals surface area contributed by atoms with Gasteiger partial charge >= 0.3 is 0 Å². The maximum atomic E-state index is 13.0. The number of aliphatic hydroxyl groups is 1. The molecule has 6 nitrogen and oxygen atoms in total. The van der Waals surface area contributed by atoms with Crippen LogP contribution in [0.1, 0.15) is 23.2 Å². The SMILES string of the molecule is O=C(c1ccc(-c2cn[nH]c2)cc1)N1CC[C@H]2CN(CCCO)C[C@H]21. The van der Waals surface area contributed by atoms with Crippen LogP contribution in [-0.4, -0.2) is 69.8 Å². The number of amides is 1. The molecule has 0 radical (unpaired) electrons. The number of nitrogens with one attached hydrogen (secondary N) is 1. The molecule has 3 heterocycles. The van der Waals surface area contributed by atoms with Gasteiger partial charge in [-0.25, -0.2) is 0 Å². The number of carbonyl (C=O) groups excluding carboxylic acids is 1. The highest BCUT2D eigenvalue weighted by Gasteiger charge is 2.43. The lowest BCUT2D eigenvalue weighted by Crippen LogP contribution is -2.39. The summed E-state index contributed by atoms with van der Waals surface area (Å²) in [6.45, 7) is 3.99. The van der Waals surface area contributed by atoms with E-state index in [1.807, 2.05) is 30.5 Å². The van der Waals surface area contributed by atoms with E-state index in [4.69, 9.17) is 5.11 Å². The van der Waals surface area contributed by atoms with Crippen molar-refractivity contribution in [2.45, 2.75) is 18.9 Å². The van der Waals surface area contributed by atoms with Gasteiger partial charge in [-0.05, 0) is 36.5 Å². The summed E-state index contributed by atoms with van der Waals surface area (Å²) in [6.07, 6.45) is 5.52. The molecular formula is C19H24N4O2. The summed E-state index contributed by atoms with van der Waals surface area (Å²) in [6, 6.07) is 8.11. The molecule has 1 aromatic heterocycles. The number of hydrogen-bond donors (Lipinski definition) is 2. The van der Waals surface area contributed by atoms with Crippen molar-refractivity contribution in [2.75, 3.05) is 32.8 Å². The number of aromatic amines is 1. The number of carbonyl (C=O) groups is 1. The molecule has 2 N–H and O–H groups in total.